The highest BCUT2D eigenvalue weighted by molar-refractivity contribution is 6.30. The van der Waals surface area contributed by atoms with E-state index in [-0.39, 0.29) is 5.69 Å². The molecule has 0 radical (unpaired) electrons. The van der Waals surface area contributed by atoms with Crippen molar-refractivity contribution in [1.29, 1.82) is 0 Å². The Bertz CT molecular complexity index is 319. The Kier molecular flexibility index (Phi) is 2.38. The third-order valence-electron chi connectivity index (χ3n) is 1.63. The molecule has 0 saturated heterocycles. The molecule has 0 aliphatic heterocycles. The molecular weight excluding hydrogens is 180 g/mol. The minimum atomic E-state index is -1.03. The Morgan fingerprint density at radius 1 is 1.75 bits per heavy atom. The Labute approximate surface area is 74.8 Å². The van der Waals surface area contributed by atoms with Gasteiger partial charge in [-0.3, -0.25) is 4.68 Å². The Morgan fingerprint density at radius 2 is 2.33 bits per heavy atom. The molecule has 5 heteroatoms. The zero-order valence-corrected chi connectivity index (χ0v) is 7.59. The van der Waals surface area contributed by atoms with Gasteiger partial charge in [-0.2, -0.15) is 5.10 Å². The first kappa shape index (κ1) is 9.06. The summed E-state index contributed by atoms with van der Waals surface area (Å²) in [6.45, 7) is 1.84. The van der Waals surface area contributed by atoms with E-state index in [1.807, 2.05) is 6.92 Å². The van der Waals surface area contributed by atoms with E-state index in [0.29, 0.717) is 17.1 Å². The number of aromatic nitrogens is 2. The van der Waals surface area contributed by atoms with Gasteiger partial charge in [-0.25, -0.2) is 4.79 Å². The standard InChI is InChI=1S/C7H9ClN2O2/c1-3-4-5(7(11)12)9-10(2)6(4)8/h3H2,1-2H3,(H,11,12). The van der Waals surface area contributed by atoms with Gasteiger partial charge in [0.15, 0.2) is 5.69 Å². The minimum absolute atomic E-state index is 0.0463. The zero-order chi connectivity index (χ0) is 9.30. The molecule has 1 aromatic rings. The number of nitrogens with zero attached hydrogens (tertiary/aromatic N) is 2. The van der Waals surface area contributed by atoms with Crippen molar-refractivity contribution >= 4 is 17.6 Å². The molecule has 0 saturated carbocycles. The molecule has 0 aliphatic carbocycles. The van der Waals surface area contributed by atoms with Crippen molar-refractivity contribution in [3.05, 3.63) is 16.4 Å². The summed E-state index contributed by atoms with van der Waals surface area (Å²) in [5.41, 5.74) is 0.636. The van der Waals surface area contributed by atoms with Crippen LogP contribution in [0.2, 0.25) is 5.15 Å². The van der Waals surface area contributed by atoms with Crippen LogP contribution in [0.4, 0.5) is 0 Å². The maximum Gasteiger partial charge on any atom is 0.356 e. The minimum Gasteiger partial charge on any atom is -0.476 e. The van der Waals surface area contributed by atoms with E-state index in [0.717, 1.165) is 0 Å². The second kappa shape index (κ2) is 3.15. The number of hydrogen-bond donors (Lipinski definition) is 1. The van der Waals surface area contributed by atoms with E-state index in [2.05, 4.69) is 5.10 Å². The summed E-state index contributed by atoms with van der Waals surface area (Å²) in [5, 5.41) is 12.9. The maximum absolute atomic E-state index is 10.6. The predicted octanol–water partition coefficient (Wildman–Crippen LogP) is 1.33. The lowest BCUT2D eigenvalue weighted by molar-refractivity contribution is 0.0688. The van der Waals surface area contributed by atoms with Crippen molar-refractivity contribution in [3.63, 3.8) is 0 Å². The normalized spacial score (nSPS) is 10.2. The van der Waals surface area contributed by atoms with E-state index in [9.17, 15) is 4.79 Å². The summed E-state index contributed by atoms with van der Waals surface area (Å²) >= 11 is 5.80. The first-order valence-electron chi connectivity index (χ1n) is 3.52. The van der Waals surface area contributed by atoms with Gasteiger partial charge in [0.05, 0.1) is 0 Å². The van der Waals surface area contributed by atoms with E-state index in [1.54, 1.807) is 7.05 Å². The number of aromatic carboxylic acids is 1. The van der Waals surface area contributed by atoms with Crippen LogP contribution in [0.5, 0.6) is 0 Å². The molecule has 1 aromatic heterocycles. The molecule has 1 heterocycles. The molecule has 0 fully saturated rings. The van der Waals surface area contributed by atoms with Gasteiger partial charge in [-0.05, 0) is 6.42 Å². The number of carboxylic acids is 1. The maximum atomic E-state index is 10.6. The van der Waals surface area contributed by atoms with Gasteiger partial charge in [0.2, 0.25) is 0 Å². The van der Waals surface area contributed by atoms with Crippen LogP contribution in [0.15, 0.2) is 0 Å². The largest absolute Gasteiger partial charge is 0.476 e. The molecule has 1 N–H and O–H groups in total. The molecule has 4 nitrogen and oxygen atoms in total. The topological polar surface area (TPSA) is 55.1 Å². The van der Waals surface area contributed by atoms with Crippen molar-refractivity contribution in [2.45, 2.75) is 13.3 Å². The van der Waals surface area contributed by atoms with E-state index >= 15 is 0 Å². The number of aryl methyl sites for hydroxylation is 1. The molecule has 12 heavy (non-hydrogen) atoms. The van der Waals surface area contributed by atoms with Gasteiger partial charge in [0.25, 0.3) is 0 Å². The fraction of sp³-hybridized carbons (Fsp3) is 0.429. The average Bonchev–Trinajstić information content (AvgIpc) is 2.29. The fourth-order valence-electron chi connectivity index (χ4n) is 1.03. The summed E-state index contributed by atoms with van der Waals surface area (Å²) in [7, 11) is 1.62. The summed E-state index contributed by atoms with van der Waals surface area (Å²) in [6.07, 6.45) is 0.578. The van der Waals surface area contributed by atoms with Gasteiger partial charge in [0.1, 0.15) is 5.15 Å². The second-order valence-electron chi connectivity index (χ2n) is 2.40. The van der Waals surface area contributed by atoms with Gasteiger partial charge in [-0.1, -0.05) is 18.5 Å². The quantitative estimate of drug-likeness (QED) is 0.762. The highest BCUT2D eigenvalue weighted by atomic mass is 35.5. The van der Waals surface area contributed by atoms with Crippen molar-refractivity contribution in [1.82, 2.24) is 9.78 Å². The van der Waals surface area contributed by atoms with Crippen LogP contribution < -0.4 is 0 Å². The molecule has 0 unspecified atom stereocenters. The van der Waals surface area contributed by atoms with E-state index in [4.69, 9.17) is 16.7 Å². The SMILES string of the molecule is CCc1c(C(=O)O)nn(C)c1Cl. The number of hydrogen-bond acceptors (Lipinski definition) is 2. The summed E-state index contributed by atoms with van der Waals surface area (Å²) in [4.78, 5) is 10.6. The number of carboxylic acid groups (broad SMARTS) is 1. The van der Waals surface area contributed by atoms with Crippen molar-refractivity contribution in [3.8, 4) is 0 Å². The zero-order valence-electron chi connectivity index (χ0n) is 6.83. The van der Waals surface area contributed by atoms with Crippen LogP contribution >= 0.6 is 11.6 Å². The fourth-order valence-corrected chi connectivity index (χ4v) is 1.29. The van der Waals surface area contributed by atoms with Crippen LogP contribution in [0.25, 0.3) is 0 Å². The van der Waals surface area contributed by atoms with E-state index in [1.165, 1.54) is 4.68 Å². The van der Waals surface area contributed by atoms with E-state index < -0.39 is 5.97 Å². The summed E-state index contributed by atoms with van der Waals surface area (Å²) < 4.78 is 1.36. The van der Waals surface area contributed by atoms with Gasteiger partial charge >= 0.3 is 5.97 Å². The Hall–Kier alpha value is -1.03. The third-order valence-corrected chi connectivity index (χ3v) is 2.10. The molecule has 1 rings (SSSR count). The van der Waals surface area contributed by atoms with Crippen molar-refractivity contribution in [2.24, 2.45) is 7.05 Å². The molecule has 0 amide bonds. The molecule has 0 atom stereocenters. The Balaban J connectivity index is 3.29. The first-order valence-corrected chi connectivity index (χ1v) is 3.90. The van der Waals surface area contributed by atoms with Crippen LogP contribution in [-0.4, -0.2) is 20.9 Å². The number of carbonyl (C=O) groups is 1. The average molecular weight is 189 g/mol. The highest BCUT2D eigenvalue weighted by Gasteiger charge is 2.17. The van der Waals surface area contributed by atoms with Gasteiger partial charge in [-0.15, -0.1) is 0 Å². The second-order valence-corrected chi connectivity index (χ2v) is 2.76. The lowest BCUT2D eigenvalue weighted by Crippen LogP contribution is -2.01. The van der Waals surface area contributed by atoms with Gasteiger partial charge in [0, 0.05) is 12.6 Å². The van der Waals surface area contributed by atoms with Gasteiger partial charge < -0.3 is 5.11 Å². The third kappa shape index (κ3) is 1.30. The monoisotopic (exact) mass is 188 g/mol. The first-order chi connectivity index (χ1) is 5.57. The predicted molar refractivity (Wildman–Crippen MR) is 44.6 cm³/mol. The number of halogens is 1. The molecule has 0 aliphatic rings. The Morgan fingerprint density at radius 3 is 2.67 bits per heavy atom. The molecule has 0 aromatic carbocycles. The van der Waals surface area contributed by atoms with Crippen LogP contribution in [0, 0.1) is 0 Å². The molecule has 0 spiro atoms. The molecule has 66 valence electrons. The summed E-state index contributed by atoms with van der Waals surface area (Å²) in [5.74, 6) is -1.03. The smallest absolute Gasteiger partial charge is 0.356 e. The molecule has 0 bridgehead atoms. The van der Waals surface area contributed by atoms with Crippen LogP contribution in [0.1, 0.15) is 23.0 Å². The number of rotatable bonds is 2. The van der Waals surface area contributed by atoms with Crippen molar-refractivity contribution < 1.29 is 9.90 Å². The van der Waals surface area contributed by atoms with Crippen molar-refractivity contribution in [2.75, 3.05) is 0 Å². The lowest BCUT2D eigenvalue weighted by atomic mass is 10.2. The van der Waals surface area contributed by atoms with Crippen LogP contribution in [0.3, 0.4) is 0 Å². The van der Waals surface area contributed by atoms with Crippen LogP contribution in [-0.2, 0) is 13.5 Å². The lowest BCUT2D eigenvalue weighted by Gasteiger charge is -1.92. The summed E-state index contributed by atoms with van der Waals surface area (Å²) in [6, 6.07) is 0. The highest BCUT2D eigenvalue weighted by Crippen LogP contribution is 2.19. The molecular formula is C7H9ClN2O2.